The van der Waals surface area contributed by atoms with Crippen molar-refractivity contribution >= 4 is 17.7 Å². The summed E-state index contributed by atoms with van der Waals surface area (Å²) in [5.41, 5.74) is -0.473. The number of carbonyl (C=O) groups is 2. The number of likely N-dealkylation sites (N-methyl/N-ethyl adjacent to an activating group) is 2. The Bertz CT molecular complexity index is 450. The third-order valence-electron chi connectivity index (χ3n) is 2.12. The van der Waals surface area contributed by atoms with Crippen LogP contribution in [0.1, 0.15) is 10.4 Å². The lowest BCUT2D eigenvalue weighted by atomic mass is 10.2. The zero-order valence-corrected chi connectivity index (χ0v) is 9.40. The highest BCUT2D eigenvalue weighted by molar-refractivity contribution is 5.89. The molecule has 0 fully saturated rings. The molecule has 0 aliphatic carbocycles. The van der Waals surface area contributed by atoms with E-state index in [2.05, 4.69) is 10.3 Å². The number of aromatic nitrogens is 1. The van der Waals surface area contributed by atoms with E-state index in [9.17, 15) is 14.0 Å². The molecule has 92 valence electrons. The van der Waals surface area contributed by atoms with Gasteiger partial charge >= 0.3 is 5.97 Å². The number of carboxylic acid groups (broad SMARTS) is 1. The minimum atomic E-state index is -1.38. The van der Waals surface area contributed by atoms with E-state index in [1.165, 1.54) is 25.2 Å². The molecule has 17 heavy (non-hydrogen) atoms. The van der Waals surface area contributed by atoms with Gasteiger partial charge in [0.15, 0.2) is 11.6 Å². The van der Waals surface area contributed by atoms with Crippen molar-refractivity contribution in [2.24, 2.45) is 0 Å². The van der Waals surface area contributed by atoms with Crippen molar-refractivity contribution in [3.63, 3.8) is 0 Å². The van der Waals surface area contributed by atoms with Crippen LogP contribution in [-0.4, -0.2) is 42.6 Å². The summed E-state index contributed by atoms with van der Waals surface area (Å²) < 4.78 is 13.7. The van der Waals surface area contributed by atoms with Crippen LogP contribution in [0.5, 0.6) is 0 Å². The number of hydrogen-bond acceptors (Lipinski definition) is 4. The van der Waals surface area contributed by atoms with Crippen molar-refractivity contribution in [1.29, 1.82) is 0 Å². The van der Waals surface area contributed by atoms with Crippen molar-refractivity contribution in [2.75, 3.05) is 25.5 Å². The molecular formula is C10H12FN3O3. The molecule has 1 aromatic heterocycles. The number of amides is 1. The van der Waals surface area contributed by atoms with Crippen LogP contribution in [0, 0.1) is 5.82 Å². The minimum absolute atomic E-state index is 0.108. The number of pyridine rings is 1. The SMILES string of the molecule is CNC(=O)CN(C)c1nccc(C(=O)O)c1F. The van der Waals surface area contributed by atoms with Crippen molar-refractivity contribution < 1.29 is 19.1 Å². The summed E-state index contributed by atoms with van der Waals surface area (Å²) in [6.45, 7) is -0.108. The van der Waals surface area contributed by atoms with E-state index in [0.717, 1.165) is 6.07 Å². The van der Waals surface area contributed by atoms with Crippen LogP contribution in [-0.2, 0) is 4.79 Å². The Morgan fingerprint density at radius 3 is 2.76 bits per heavy atom. The van der Waals surface area contributed by atoms with Crippen LogP contribution in [0.4, 0.5) is 10.2 Å². The van der Waals surface area contributed by atoms with Gasteiger partial charge in [0, 0.05) is 20.3 Å². The predicted molar refractivity (Wildman–Crippen MR) is 58.5 cm³/mol. The Morgan fingerprint density at radius 1 is 1.59 bits per heavy atom. The number of carbonyl (C=O) groups excluding carboxylic acids is 1. The van der Waals surface area contributed by atoms with Gasteiger partial charge in [-0.15, -0.1) is 0 Å². The van der Waals surface area contributed by atoms with E-state index >= 15 is 0 Å². The Kier molecular flexibility index (Phi) is 3.97. The number of anilines is 1. The van der Waals surface area contributed by atoms with Crippen molar-refractivity contribution in [3.05, 3.63) is 23.6 Å². The summed E-state index contributed by atoms with van der Waals surface area (Å²) in [4.78, 5) is 26.8. The molecule has 7 heteroatoms. The Morgan fingerprint density at radius 2 is 2.24 bits per heavy atom. The highest BCUT2D eigenvalue weighted by atomic mass is 19.1. The fourth-order valence-electron chi connectivity index (χ4n) is 1.23. The van der Waals surface area contributed by atoms with Crippen molar-refractivity contribution in [3.8, 4) is 0 Å². The molecule has 0 unspecified atom stereocenters. The van der Waals surface area contributed by atoms with Crippen molar-refractivity contribution in [1.82, 2.24) is 10.3 Å². The first-order valence-corrected chi connectivity index (χ1v) is 4.77. The number of nitrogens with zero attached hydrogens (tertiary/aromatic N) is 2. The lowest BCUT2D eigenvalue weighted by Crippen LogP contribution is -2.34. The molecule has 2 N–H and O–H groups in total. The van der Waals surface area contributed by atoms with Crippen LogP contribution in [0.25, 0.3) is 0 Å². The van der Waals surface area contributed by atoms with E-state index in [0.29, 0.717) is 0 Å². The second-order valence-corrected chi connectivity index (χ2v) is 3.33. The molecule has 1 rings (SSSR count). The molecule has 0 aliphatic rings. The van der Waals surface area contributed by atoms with Gasteiger partial charge in [-0.25, -0.2) is 14.2 Å². The van der Waals surface area contributed by atoms with Crippen LogP contribution in [0.2, 0.25) is 0 Å². The molecule has 0 saturated carbocycles. The van der Waals surface area contributed by atoms with Crippen LogP contribution < -0.4 is 10.2 Å². The summed E-state index contributed by atoms with van der Waals surface area (Å²) in [7, 11) is 2.90. The van der Waals surface area contributed by atoms with Crippen LogP contribution in [0.15, 0.2) is 12.3 Å². The molecule has 0 saturated heterocycles. The molecule has 1 amide bonds. The summed E-state index contributed by atoms with van der Waals surface area (Å²) in [6.07, 6.45) is 1.18. The van der Waals surface area contributed by atoms with Gasteiger partial charge in [-0.3, -0.25) is 4.79 Å². The van der Waals surface area contributed by atoms with E-state index in [1.807, 2.05) is 0 Å². The normalized spacial score (nSPS) is 9.82. The number of halogens is 1. The Hall–Kier alpha value is -2.18. The van der Waals surface area contributed by atoms with E-state index in [1.54, 1.807) is 0 Å². The van der Waals surface area contributed by atoms with E-state index in [-0.39, 0.29) is 18.3 Å². The summed E-state index contributed by atoms with van der Waals surface area (Å²) in [6, 6.07) is 1.06. The molecule has 0 aliphatic heterocycles. The Labute approximate surface area is 97.1 Å². The quantitative estimate of drug-likeness (QED) is 0.781. The first-order valence-electron chi connectivity index (χ1n) is 4.77. The topological polar surface area (TPSA) is 82.5 Å². The highest BCUT2D eigenvalue weighted by Crippen LogP contribution is 2.17. The predicted octanol–water partition coefficient (Wildman–Crippen LogP) is 0.101. The van der Waals surface area contributed by atoms with Gasteiger partial charge in [0.1, 0.15) is 5.56 Å². The lowest BCUT2D eigenvalue weighted by Gasteiger charge is -2.17. The molecule has 0 aromatic carbocycles. The number of hydrogen-bond donors (Lipinski definition) is 2. The summed E-state index contributed by atoms with van der Waals surface area (Å²) in [5, 5.41) is 11.1. The van der Waals surface area contributed by atoms with Gasteiger partial charge in [-0.2, -0.15) is 0 Å². The molecule has 0 atom stereocenters. The third kappa shape index (κ3) is 2.90. The zero-order valence-electron chi connectivity index (χ0n) is 9.40. The standard InChI is InChI=1S/C10H12FN3O3/c1-12-7(15)5-14(2)9-8(11)6(10(16)17)3-4-13-9/h3-4H,5H2,1-2H3,(H,12,15)(H,16,17). The van der Waals surface area contributed by atoms with Gasteiger partial charge in [0.05, 0.1) is 6.54 Å². The third-order valence-corrected chi connectivity index (χ3v) is 2.12. The maximum Gasteiger partial charge on any atom is 0.338 e. The average molecular weight is 241 g/mol. The largest absolute Gasteiger partial charge is 0.478 e. The average Bonchev–Trinajstić information content (AvgIpc) is 2.28. The lowest BCUT2D eigenvalue weighted by molar-refractivity contribution is -0.119. The van der Waals surface area contributed by atoms with E-state index < -0.39 is 17.3 Å². The molecule has 6 nitrogen and oxygen atoms in total. The minimum Gasteiger partial charge on any atom is -0.478 e. The summed E-state index contributed by atoms with van der Waals surface area (Å²) >= 11 is 0. The molecule has 0 bridgehead atoms. The smallest absolute Gasteiger partial charge is 0.338 e. The second-order valence-electron chi connectivity index (χ2n) is 3.33. The number of carboxylic acids is 1. The van der Waals surface area contributed by atoms with Crippen molar-refractivity contribution in [2.45, 2.75) is 0 Å². The molecular weight excluding hydrogens is 229 g/mol. The fourth-order valence-corrected chi connectivity index (χ4v) is 1.23. The van der Waals surface area contributed by atoms with Crippen LogP contribution >= 0.6 is 0 Å². The van der Waals surface area contributed by atoms with Gasteiger partial charge < -0.3 is 15.3 Å². The zero-order chi connectivity index (χ0) is 13.0. The second kappa shape index (κ2) is 5.24. The first-order chi connectivity index (χ1) is 7.97. The number of nitrogens with one attached hydrogen (secondary N) is 1. The summed E-state index contributed by atoms with van der Waals surface area (Å²) in [5.74, 6) is -2.83. The molecule has 1 aromatic rings. The van der Waals surface area contributed by atoms with Crippen LogP contribution in [0.3, 0.4) is 0 Å². The number of aromatic carboxylic acids is 1. The van der Waals surface area contributed by atoms with Gasteiger partial charge in [-0.1, -0.05) is 0 Å². The molecule has 0 radical (unpaired) electrons. The van der Waals surface area contributed by atoms with Gasteiger partial charge in [0.2, 0.25) is 5.91 Å². The maximum absolute atomic E-state index is 13.7. The van der Waals surface area contributed by atoms with Gasteiger partial charge in [0.25, 0.3) is 0 Å². The molecule has 0 spiro atoms. The number of rotatable bonds is 4. The first kappa shape index (κ1) is 12.9. The fraction of sp³-hybridized carbons (Fsp3) is 0.300. The maximum atomic E-state index is 13.7. The van der Waals surface area contributed by atoms with Gasteiger partial charge in [-0.05, 0) is 6.07 Å². The van der Waals surface area contributed by atoms with E-state index in [4.69, 9.17) is 5.11 Å². The Balaban J connectivity index is 3.02. The highest BCUT2D eigenvalue weighted by Gasteiger charge is 2.18. The molecule has 1 heterocycles. The monoisotopic (exact) mass is 241 g/mol.